The number of carboxylic acids is 1. The number of benzene rings is 1. The molecule has 1 N–H and O–H groups in total. The molecule has 2 aromatic rings. The van der Waals surface area contributed by atoms with Crippen molar-refractivity contribution in [1.29, 1.82) is 0 Å². The van der Waals surface area contributed by atoms with Crippen molar-refractivity contribution in [3.63, 3.8) is 0 Å². The van der Waals surface area contributed by atoms with E-state index < -0.39 is 11.9 Å². The second-order valence-electron chi connectivity index (χ2n) is 4.57. The number of hydrogen-bond donors (Lipinski definition) is 1. The fourth-order valence-electron chi connectivity index (χ4n) is 2.04. The van der Waals surface area contributed by atoms with E-state index >= 15 is 0 Å². The number of likely N-dealkylation sites (tertiary alicyclic amines) is 1. The van der Waals surface area contributed by atoms with E-state index in [9.17, 15) is 9.59 Å². The molecule has 0 saturated carbocycles. The van der Waals surface area contributed by atoms with Crippen LogP contribution in [-0.2, 0) is 4.79 Å². The summed E-state index contributed by atoms with van der Waals surface area (Å²) >= 11 is 0. The van der Waals surface area contributed by atoms with Crippen molar-refractivity contribution in [2.45, 2.75) is 0 Å². The Bertz CT molecular complexity index is 630. The topological polar surface area (TPSA) is 96.5 Å². The Hall–Kier alpha value is -2.70. The summed E-state index contributed by atoms with van der Waals surface area (Å²) in [5, 5.41) is 16.1. The van der Waals surface area contributed by atoms with Crippen molar-refractivity contribution in [1.82, 2.24) is 15.1 Å². The number of aromatic nitrogens is 2. The van der Waals surface area contributed by atoms with Crippen molar-refractivity contribution in [2.75, 3.05) is 13.1 Å². The van der Waals surface area contributed by atoms with Gasteiger partial charge in [0, 0.05) is 24.2 Å². The second-order valence-corrected chi connectivity index (χ2v) is 4.57. The van der Waals surface area contributed by atoms with Gasteiger partial charge < -0.3 is 14.4 Å². The lowest BCUT2D eigenvalue weighted by Gasteiger charge is -2.36. The molecule has 0 bridgehead atoms. The Balaban J connectivity index is 1.69. The summed E-state index contributed by atoms with van der Waals surface area (Å²) in [5.74, 6) is -1.09. The van der Waals surface area contributed by atoms with Crippen molar-refractivity contribution >= 4 is 11.9 Å². The zero-order valence-corrected chi connectivity index (χ0v) is 10.4. The number of aliphatic carboxylic acids is 1. The van der Waals surface area contributed by atoms with E-state index in [1.165, 1.54) is 11.3 Å². The van der Waals surface area contributed by atoms with E-state index in [1.807, 2.05) is 0 Å². The highest BCUT2D eigenvalue weighted by molar-refractivity contribution is 5.96. The fourth-order valence-corrected chi connectivity index (χ4v) is 2.04. The maximum Gasteiger partial charge on any atom is 0.310 e. The molecule has 20 heavy (non-hydrogen) atoms. The van der Waals surface area contributed by atoms with Gasteiger partial charge in [0.1, 0.15) is 0 Å². The summed E-state index contributed by atoms with van der Waals surface area (Å²) in [6, 6.07) is 6.76. The van der Waals surface area contributed by atoms with Crippen molar-refractivity contribution in [3.05, 3.63) is 36.2 Å². The van der Waals surface area contributed by atoms with Gasteiger partial charge in [-0.05, 0) is 24.3 Å². The monoisotopic (exact) mass is 273 g/mol. The summed E-state index contributed by atoms with van der Waals surface area (Å²) in [4.78, 5) is 24.3. The smallest absolute Gasteiger partial charge is 0.310 e. The van der Waals surface area contributed by atoms with Gasteiger partial charge in [0.25, 0.3) is 5.91 Å². The standard InChI is InChI=1S/C13H11N3O4/c17-12(16-5-10(6-16)13(18)19)9-3-1-8(2-4-9)11-15-14-7-20-11/h1-4,7,10H,5-6H2,(H,18,19). The third-order valence-electron chi connectivity index (χ3n) is 3.26. The van der Waals surface area contributed by atoms with Crippen LogP contribution in [0.4, 0.5) is 0 Å². The molecule has 1 saturated heterocycles. The van der Waals surface area contributed by atoms with E-state index in [-0.39, 0.29) is 19.0 Å². The Morgan fingerprint density at radius 3 is 2.50 bits per heavy atom. The van der Waals surface area contributed by atoms with Crippen LogP contribution in [-0.4, -0.2) is 45.2 Å². The van der Waals surface area contributed by atoms with Crippen LogP contribution in [0.15, 0.2) is 35.1 Å². The van der Waals surface area contributed by atoms with Gasteiger partial charge in [-0.1, -0.05) is 0 Å². The first-order valence-corrected chi connectivity index (χ1v) is 6.04. The number of carbonyl (C=O) groups is 2. The van der Waals surface area contributed by atoms with Gasteiger partial charge in [0.05, 0.1) is 5.92 Å². The lowest BCUT2D eigenvalue weighted by atomic mass is 9.99. The van der Waals surface area contributed by atoms with Gasteiger partial charge in [-0.2, -0.15) is 0 Å². The maximum absolute atomic E-state index is 12.1. The highest BCUT2D eigenvalue weighted by atomic mass is 16.4. The molecule has 7 nitrogen and oxygen atoms in total. The Morgan fingerprint density at radius 2 is 1.95 bits per heavy atom. The van der Waals surface area contributed by atoms with Crippen molar-refractivity contribution in [2.24, 2.45) is 5.92 Å². The SMILES string of the molecule is O=C(O)C1CN(C(=O)c2ccc(-c3nnco3)cc2)C1. The summed E-state index contributed by atoms with van der Waals surface area (Å²) < 4.78 is 5.06. The molecule has 1 aliphatic rings. The number of carboxylic acid groups (broad SMARTS) is 1. The van der Waals surface area contributed by atoms with E-state index in [1.54, 1.807) is 24.3 Å². The quantitative estimate of drug-likeness (QED) is 0.892. The predicted molar refractivity (Wildman–Crippen MR) is 66.8 cm³/mol. The molecule has 1 amide bonds. The van der Waals surface area contributed by atoms with Crippen LogP contribution in [0.2, 0.25) is 0 Å². The normalized spacial score (nSPS) is 14.9. The van der Waals surface area contributed by atoms with Crippen LogP contribution >= 0.6 is 0 Å². The van der Waals surface area contributed by atoms with E-state index in [2.05, 4.69) is 10.2 Å². The Morgan fingerprint density at radius 1 is 1.25 bits per heavy atom. The van der Waals surface area contributed by atoms with E-state index in [4.69, 9.17) is 9.52 Å². The molecule has 1 aromatic heterocycles. The van der Waals surface area contributed by atoms with Gasteiger partial charge in [0.2, 0.25) is 12.3 Å². The molecule has 0 radical (unpaired) electrons. The number of amides is 1. The number of hydrogen-bond acceptors (Lipinski definition) is 5. The first kappa shape index (κ1) is 12.3. The average Bonchev–Trinajstić information content (AvgIpc) is 2.90. The molecule has 0 atom stereocenters. The van der Waals surface area contributed by atoms with Gasteiger partial charge in [0.15, 0.2) is 0 Å². The van der Waals surface area contributed by atoms with E-state index in [0.717, 1.165) is 5.56 Å². The zero-order valence-electron chi connectivity index (χ0n) is 10.4. The molecule has 1 fully saturated rings. The summed E-state index contributed by atoms with van der Waals surface area (Å²) in [7, 11) is 0. The molecular formula is C13H11N3O4. The summed E-state index contributed by atoms with van der Waals surface area (Å²) in [5.41, 5.74) is 1.24. The Labute approximate surface area is 113 Å². The number of nitrogens with zero attached hydrogens (tertiary/aromatic N) is 3. The molecule has 7 heteroatoms. The van der Waals surface area contributed by atoms with Crippen LogP contribution in [0, 0.1) is 5.92 Å². The predicted octanol–water partition coefficient (Wildman–Crippen LogP) is 0.893. The largest absolute Gasteiger partial charge is 0.481 e. The maximum atomic E-state index is 12.1. The second kappa shape index (κ2) is 4.76. The fraction of sp³-hybridized carbons (Fsp3) is 0.231. The van der Waals surface area contributed by atoms with Crippen molar-refractivity contribution < 1.29 is 19.1 Å². The number of rotatable bonds is 3. The van der Waals surface area contributed by atoms with Crippen molar-refractivity contribution in [3.8, 4) is 11.5 Å². The molecule has 0 unspecified atom stereocenters. The lowest BCUT2D eigenvalue weighted by molar-refractivity contribution is -0.146. The molecule has 0 spiro atoms. The summed E-state index contributed by atoms with van der Waals surface area (Å²) in [6.45, 7) is 0.527. The molecule has 2 heterocycles. The minimum atomic E-state index is -0.860. The molecular weight excluding hydrogens is 262 g/mol. The van der Waals surface area contributed by atoms with E-state index in [0.29, 0.717) is 11.5 Å². The highest BCUT2D eigenvalue weighted by Gasteiger charge is 2.35. The third-order valence-corrected chi connectivity index (χ3v) is 3.26. The molecule has 3 rings (SSSR count). The third kappa shape index (κ3) is 2.13. The lowest BCUT2D eigenvalue weighted by Crippen LogP contribution is -2.53. The Kier molecular flexibility index (Phi) is 2.94. The minimum Gasteiger partial charge on any atom is -0.481 e. The summed E-state index contributed by atoms with van der Waals surface area (Å²) in [6.07, 6.45) is 1.24. The van der Waals surface area contributed by atoms with Crippen LogP contribution in [0.25, 0.3) is 11.5 Å². The molecule has 0 aliphatic carbocycles. The van der Waals surface area contributed by atoms with Crippen LogP contribution < -0.4 is 0 Å². The molecule has 1 aliphatic heterocycles. The highest BCUT2D eigenvalue weighted by Crippen LogP contribution is 2.21. The number of carbonyl (C=O) groups excluding carboxylic acids is 1. The van der Waals surface area contributed by atoms with Gasteiger partial charge in [-0.15, -0.1) is 10.2 Å². The first-order valence-electron chi connectivity index (χ1n) is 6.04. The first-order chi connectivity index (χ1) is 9.65. The van der Waals surface area contributed by atoms with Gasteiger partial charge in [-0.3, -0.25) is 9.59 Å². The van der Waals surface area contributed by atoms with Crippen LogP contribution in [0.1, 0.15) is 10.4 Å². The van der Waals surface area contributed by atoms with Gasteiger partial charge >= 0.3 is 5.97 Å². The molecule has 102 valence electrons. The van der Waals surface area contributed by atoms with Crippen LogP contribution in [0.5, 0.6) is 0 Å². The average molecular weight is 273 g/mol. The zero-order chi connectivity index (χ0) is 14.1. The van der Waals surface area contributed by atoms with Crippen LogP contribution in [0.3, 0.4) is 0 Å². The minimum absolute atomic E-state index is 0.167. The van der Waals surface area contributed by atoms with Gasteiger partial charge in [-0.25, -0.2) is 0 Å². The molecule has 1 aromatic carbocycles.